The summed E-state index contributed by atoms with van der Waals surface area (Å²) < 4.78 is 5.27. The van der Waals surface area contributed by atoms with Crippen molar-refractivity contribution in [1.29, 1.82) is 0 Å². The van der Waals surface area contributed by atoms with E-state index in [9.17, 15) is 4.79 Å². The highest BCUT2D eigenvalue weighted by Crippen LogP contribution is 2.19. The molecule has 1 aliphatic heterocycles. The van der Waals surface area contributed by atoms with Crippen molar-refractivity contribution in [3.63, 3.8) is 0 Å². The molecule has 152 valence electrons. The summed E-state index contributed by atoms with van der Waals surface area (Å²) in [5, 5.41) is 3.00. The van der Waals surface area contributed by atoms with Crippen LogP contribution in [0.25, 0.3) is 11.0 Å². The predicted molar refractivity (Wildman–Crippen MR) is 113 cm³/mol. The van der Waals surface area contributed by atoms with Crippen molar-refractivity contribution in [2.24, 2.45) is 0 Å². The Balaban J connectivity index is 1.22. The Morgan fingerprint density at radius 3 is 2.62 bits per heavy atom. The maximum Gasteiger partial charge on any atom is 0.234 e. The molecule has 0 bridgehead atoms. The van der Waals surface area contributed by atoms with Crippen LogP contribution in [0.15, 0.2) is 48.5 Å². The molecule has 1 aromatic heterocycles. The van der Waals surface area contributed by atoms with Crippen LogP contribution >= 0.6 is 0 Å². The van der Waals surface area contributed by atoms with Gasteiger partial charge in [-0.25, -0.2) is 4.98 Å². The molecule has 2 heterocycles. The number of nitrogens with zero attached hydrogens (tertiary/aromatic N) is 3. The number of carbonyl (C=O) groups is 1. The number of aromatic amines is 1. The minimum absolute atomic E-state index is 0.0773. The molecule has 4 rings (SSSR count). The van der Waals surface area contributed by atoms with Crippen LogP contribution in [0.1, 0.15) is 11.4 Å². The van der Waals surface area contributed by atoms with Crippen LogP contribution in [0, 0.1) is 0 Å². The molecule has 0 atom stereocenters. The molecule has 2 N–H and O–H groups in total. The lowest BCUT2D eigenvalue weighted by Crippen LogP contribution is -2.49. The Kier molecular flexibility index (Phi) is 6.07. The van der Waals surface area contributed by atoms with Crippen LogP contribution in [-0.4, -0.2) is 65.5 Å². The molecular weight excluding hydrogens is 366 g/mol. The second-order valence-electron chi connectivity index (χ2n) is 7.38. The lowest BCUT2D eigenvalue weighted by Gasteiger charge is -2.33. The highest BCUT2D eigenvalue weighted by molar-refractivity contribution is 5.78. The smallest absolute Gasteiger partial charge is 0.234 e. The first-order valence-corrected chi connectivity index (χ1v) is 9.97. The third kappa shape index (κ3) is 5.13. The zero-order valence-electron chi connectivity index (χ0n) is 16.7. The van der Waals surface area contributed by atoms with Crippen molar-refractivity contribution in [3.05, 3.63) is 59.9 Å². The Morgan fingerprint density at radius 1 is 1.10 bits per heavy atom. The monoisotopic (exact) mass is 393 g/mol. The van der Waals surface area contributed by atoms with Gasteiger partial charge in [0, 0.05) is 38.8 Å². The number of benzene rings is 2. The molecule has 29 heavy (non-hydrogen) atoms. The van der Waals surface area contributed by atoms with E-state index < -0.39 is 0 Å². The molecule has 3 aromatic rings. The third-order valence-electron chi connectivity index (χ3n) is 5.28. The molecule has 0 unspecified atom stereocenters. The highest BCUT2D eigenvalue weighted by Gasteiger charge is 2.20. The maximum atomic E-state index is 12.2. The third-order valence-corrected chi connectivity index (χ3v) is 5.28. The lowest BCUT2D eigenvalue weighted by molar-refractivity contribution is -0.122. The molecular formula is C22H27N5O2. The van der Waals surface area contributed by atoms with Gasteiger partial charge in [-0.3, -0.25) is 14.6 Å². The van der Waals surface area contributed by atoms with Gasteiger partial charge < -0.3 is 15.0 Å². The van der Waals surface area contributed by atoms with E-state index >= 15 is 0 Å². The molecule has 2 aromatic carbocycles. The number of fused-ring (bicyclic) bond motifs is 1. The molecule has 0 spiro atoms. The molecule has 1 aliphatic rings. The van der Waals surface area contributed by atoms with E-state index in [-0.39, 0.29) is 5.91 Å². The van der Waals surface area contributed by atoms with Crippen molar-refractivity contribution < 1.29 is 9.53 Å². The zero-order valence-corrected chi connectivity index (χ0v) is 16.7. The number of nitrogens with one attached hydrogen (secondary N) is 2. The van der Waals surface area contributed by atoms with Gasteiger partial charge >= 0.3 is 0 Å². The molecule has 0 radical (unpaired) electrons. The van der Waals surface area contributed by atoms with E-state index in [1.807, 2.05) is 48.5 Å². The summed E-state index contributed by atoms with van der Waals surface area (Å²) in [7, 11) is 1.67. The quantitative estimate of drug-likeness (QED) is 0.642. The lowest BCUT2D eigenvalue weighted by atomic mass is 10.2. The number of carbonyl (C=O) groups excluding carboxylic acids is 1. The van der Waals surface area contributed by atoms with Crippen molar-refractivity contribution in [3.8, 4) is 5.75 Å². The van der Waals surface area contributed by atoms with Gasteiger partial charge in [-0.15, -0.1) is 0 Å². The number of hydrogen-bond acceptors (Lipinski definition) is 5. The average molecular weight is 393 g/mol. The van der Waals surface area contributed by atoms with Crippen LogP contribution in [-0.2, 0) is 17.9 Å². The second-order valence-corrected chi connectivity index (χ2v) is 7.38. The first-order valence-electron chi connectivity index (χ1n) is 9.97. The van der Waals surface area contributed by atoms with E-state index in [1.165, 1.54) is 0 Å². The van der Waals surface area contributed by atoms with Gasteiger partial charge in [-0.05, 0) is 17.7 Å². The fourth-order valence-corrected chi connectivity index (χ4v) is 3.62. The Labute approximate surface area is 170 Å². The van der Waals surface area contributed by atoms with Gasteiger partial charge in [-0.1, -0.05) is 30.3 Å². The summed E-state index contributed by atoms with van der Waals surface area (Å²) >= 11 is 0. The number of H-pyrrole nitrogens is 1. The zero-order chi connectivity index (χ0) is 20.1. The topological polar surface area (TPSA) is 73.5 Å². The van der Waals surface area contributed by atoms with E-state index in [0.717, 1.165) is 60.9 Å². The van der Waals surface area contributed by atoms with E-state index in [0.29, 0.717) is 13.1 Å². The van der Waals surface area contributed by atoms with Gasteiger partial charge in [0.25, 0.3) is 0 Å². The second kappa shape index (κ2) is 9.07. The number of methoxy groups -OCH3 is 1. The molecule has 7 nitrogen and oxygen atoms in total. The first-order chi connectivity index (χ1) is 14.2. The Bertz CT molecular complexity index is 948. The molecule has 1 saturated heterocycles. The Hall–Kier alpha value is -2.90. The van der Waals surface area contributed by atoms with Crippen molar-refractivity contribution in [2.75, 3.05) is 39.8 Å². The number of piperazine rings is 1. The maximum absolute atomic E-state index is 12.2. The predicted octanol–water partition coefficient (Wildman–Crippen LogP) is 2.01. The van der Waals surface area contributed by atoms with E-state index in [4.69, 9.17) is 4.74 Å². The van der Waals surface area contributed by atoms with Crippen LogP contribution in [0.4, 0.5) is 0 Å². The molecule has 0 saturated carbocycles. The van der Waals surface area contributed by atoms with Gasteiger partial charge in [-0.2, -0.15) is 0 Å². The van der Waals surface area contributed by atoms with Gasteiger partial charge in [0.1, 0.15) is 11.6 Å². The minimum atomic E-state index is 0.0773. The van der Waals surface area contributed by atoms with Crippen molar-refractivity contribution in [2.45, 2.75) is 13.1 Å². The number of imidazole rings is 1. The summed E-state index contributed by atoms with van der Waals surface area (Å²) in [5.41, 5.74) is 3.07. The van der Waals surface area contributed by atoms with Crippen LogP contribution in [0.3, 0.4) is 0 Å². The van der Waals surface area contributed by atoms with Crippen LogP contribution in [0.2, 0.25) is 0 Å². The molecule has 1 fully saturated rings. The fourth-order valence-electron chi connectivity index (χ4n) is 3.62. The average Bonchev–Trinajstić information content (AvgIpc) is 3.15. The standard InChI is InChI=1S/C22H27N5O2/c1-29-18-7-8-19-20(13-18)25-21(24-19)15-26-9-11-27(12-10-26)16-22(28)23-14-17-5-3-2-4-6-17/h2-8,13H,9-12,14-16H2,1H3,(H,23,28)(H,24,25). The number of rotatable bonds is 7. The number of ether oxygens (including phenoxy) is 1. The summed E-state index contributed by atoms with van der Waals surface area (Å²) in [4.78, 5) is 24.8. The first kappa shape index (κ1) is 19.4. The number of hydrogen-bond donors (Lipinski definition) is 2. The molecule has 1 amide bonds. The highest BCUT2D eigenvalue weighted by atomic mass is 16.5. The summed E-state index contributed by atoms with van der Waals surface area (Å²) in [6, 6.07) is 15.9. The van der Waals surface area contributed by atoms with Crippen molar-refractivity contribution in [1.82, 2.24) is 25.1 Å². The van der Waals surface area contributed by atoms with Gasteiger partial charge in [0.15, 0.2) is 0 Å². The van der Waals surface area contributed by atoms with Crippen molar-refractivity contribution >= 4 is 16.9 Å². The molecule has 0 aliphatic carbocycles. The fraction of sp³-hybridized carbons (Fsp3) is 0.364. The Morgan fingerprint density at radius 2 is 1.86 bits per heavy atom. The van der Waals surface area contributed by atoms with Crippen LogP contribution < -0.4 is 10.1 Å². The van der Waals surface area contributed by atoms with Gasteiger partial charge in [0.05, 0.1) is 31.2 Å². The summed E-state index contributed by atoms with van der Waals surface area (Å²) in [5.74, 6) is 1.86. The number of amides is 1. The minimum Gasteiger partial charge on any atom is -0.497 e. The SMILES string of the molecule is COc1ccc2nc(CN3CCN(CC(=O)NCc4ccccc4)CC3)[nH]c2c1. The van der Waals surface area contributed by atoms with E-state index in [2.05, 4.69) is 25.1 Å². The summed E-state index contributed by atoms with van der Waals surface area (Å²) in [6.45, 7) is 5.42. The van der Waals surface area contributed by atoms with Crippen LogP contribution in [0.5, 0.6) is 5.75 Å². The normalized spacial score (nSPS) is 15.5. The van der Waals surface area contributed by atoms with Gasteiger partial charge in [0.2, 0.25) is 5.91 Å². The number of aromatic nitrogens is 2. The summed E-state index contributed by atoms with van der Waals surface area (Å²) in [6.07, 6.45) is 0. The largest absolute Gasteiger partial charge is 0.497 e. The van der Waals surface area contributed by atoms with E-state index in [1.54, 1.807) is 7.11 Å². The molecule has 7 heteroatoms.